The van der Waals surface area contributed by atoms with Gasteiger partial charge >= 0.3 is 5.97 Å². The van der Waals surface area contributed by atoms with E-state index in [1.807, 2.05) is 60.6 Å². The lowest BCUT2D eigenvalue weighted by molar-refractivity contribution is -0.150. The van der Waals surface area contributed by atoms with Crippen molar-refractivity contribution in [1.82, 2.24) is 0 Å². The summed E-state index contributed by atoms with van der Waals surface area (Å²) in [5.41, 5.74) is 2.77. The third kappa shape index (κ3) is 32.5. The van der Waals surface area contributed by atoms with E-state index in [-0.39, 0.29) is 118 Å². The van der Waals surface area contributed by atoms with Gasteiger partial charge in [0.15, 0.2) is 5.78 Å². The van der Waals surface area contributed by atoms with Crippen molar-refractivity contribution in [3.05, 3.63) is 121 Å². The monoisotopic (exact) mass is 1440 g/mol. The Morgan fingerprint density at radius 3 is 1.91 bits per heavy atom. The summed E-state index contributed by atoms with van der Waals surface area (Å²) in [6.07, 6.45) is -0.750. The molecule has 0 amide bonds. The van der Waals surface area contributed by atoms with Crippen molar-refractivity contribution in [2.75, 3.05) is 0 Å². The SMILES string of the molecule is C=C(CC(=O)O)CC(C)CC(=C)C[C@@H](O)[C@@H](C)[C@H](O)/C=C(/C)CC(O)C(C)C[C@@H]1C=C[C@@H](C(C)CC(O)CC/C=C\C(O)C(=C)CC(=C)C[C@H]2O[C@H]([C@@H](O)CC(C)CCC(O)C(=O)CC(C)CC(C)CC(O)/C=C/[C@@H](O)[C@H]3C[C@H](O)[C@@](C)(C(O)CC(=C)C(=C)CC(O)CC(C)O)O3)[C@@H](O)[C@H]2O)O1. The molecule has 2 fully saturated rings. The minimum absolute atomic E-state index is 0.00468. The molecule has 3 heterocycles. The second kappa shape index (κ2) is 44.8. The minimum Gasteiger partial charge on any atom is -0.481 e. The smallest absolute Gasteiger partial charge is 0.307 e. The third-order valence-corrected chi connectivity index (χ3v) is 20.8. The van der Waals surface area contributed by atoms with Crippen LogP contribution in [0.2, 0.25) is 0 Å². The van der Waals surface area contributed by atoms with E-state index >= 15 is 0 Å². The zero-order valence-corrected chi connectivity index (χ0v) is 62.9. The Hall–Kier alpha value is -4.18. The van der Waals surface area contributed by atoms with Gasteiger partial charge in [0.1, 0.15) is 30.0 Å². The van der Waals surface area contributed by atoms with Crippen LogP contribution in [0.3, 0.4) is 0 Å². The molecule has 102 heavy (non-hydrogen) atoms. The Balaban J connectivity index is 1.32. The van der Waals surface area contributed by atoms with Crippen LogP contribution in [0, 0.1) is 41.4 Å². The maximum absolute atomic E-state index is 13.1. The summed E-state index contributed by atoms with van der Waals surface area (Å²) in [6.45, 7) is 42.3. The molecular weight excluding hydrogens is 1310 g/mol. The van der Waals surface area contributed by atoms with Crippen molar-refractivity contribution in [3.8, 4) is 0 Å². The number of aliphatic hydroxyl groups excluding tert-OH is 15. The first-order valence-electron chi connectivity index (χ1n) is 37.2. The fourth-order valence-electron chi connectivity index (χ4n) is 14.4. The Morgan fingerprint density at radius 2 is 1.26 bits per heavy atom. The quantitative estimate of drug-likeness (QED) is 0.0201. The zero-order valence-electron chi connectivity index (χ0n) is 62.9. The fraction of sp³-hybridized carbons (Fsp3) is 0.728. The highest BCUT2D eigenvalue weighted by atomic mass is 16.6. The molecule has 0 saturated carbocycles. The highest BCUT2D eigenvalue weighted by Crippen LogP contribution is 2.39. The third-order valence-electron chi connectivity index (χ3n) is 20.8. The van der Waals surface area contributed by atoms with Crippen molar-refractivity contribution in [2.45, 2.75) is 332 Å². The molecule has 0 aromatic rings. The molecule has 16 N–H and O–H groups in total. The number of carbonyl (C=O) groups excluding carboxylic acids is 1. The van der Waals surface area contributed by atoms with E-state index in [1.165, 1.54) is 12.2 Å². The number of rotatable bonds is 52. The lowest BCUT2D eigenvalue weighted by atomic mass is 9.86. The molecule has 21 heteroatoms. The van der Waals surface area contributed by atoms with Gasteiger partial charge in [-0.2, -0.15) is 0 Å². The molecule has 0 aromatic carbocycles. The maximum atomic E-state index is 13.1. The number of hydrogen-bond donors (Lipinski definition) is 16. The second-order valence-corrected chi connectivity index (χ2v) is 31.7. The second-order valence-electron chi connectivity index (χ2n) is 31.7. The van der Waals surface area contributed by atoms with Crippen LogP contribution >= 0.6 is 0 Å². The number of carboxylic acid groups (broad SMARTS) is 1. The number of ether oxygens (including phenoxy) is 3. The van der Waals surface area contributed by atoms with Crippen LogP contribution in [0.4, 0.5) is 0 Å². The topological polar surface area (TPSA) is 386 Å². The van der Waals surface area contributed by atoms with Crippen LogP contribution in [0.5, 0.6) is 0 Å². The average molecular weight is 1440 g/mol. The molecule has 0 aliphatic carbocycles. The largest absolute Gasteiger partial charge is 0.481 e. The van der Waals surface area contributed by atoms with Crippen molar-refractivity contribution < 1.29 is 106 Å². The molecule has 2 saturated heterocycles. The molecule has 0 radical (unpaired) electrons. The van der Waals surface area contributed by atoms with E-state index < -0.39 is 127 Å². The number of carbonyl (C=O) groups is 2. The van der Waals surface area contributed by atoms with E-state index in [1.54, 1.807) is 39.0 Å². The first-order chi connectivity index (χ1) is 47.5. The van der Waals surface area contributed by atoms with E-state index in [0.29, 0.717) is 98.5 Å². The lowest BCUT2D eigenvalue weighted by Gasteiger charge is -2.34. The van der Waals surface area contributed by atoms with Crippen LogP contribution in [0.1, 0.15) is 204 Å². The van der Waals surface area contributed by atoms with Crippen LogP contribution in [-0.2, 0) is 23.8 Å². The number of hydrogen-bond acceptors (Lipinski definition) is 20. The Kier molecular flexibility index (Phi) is 40.4. The number of Topliss-reactive ketones (excluding diaryl/α,β-unsaturated/α-hetero) is 1. The van der Waals surface area contributed by atoms with Gasteiger partial charge in [0.25, 0.3) is 0 Å². The molecule has 584 valence electrons. The zero-order chi connectivity index (χ0) is 77.2. The fourth-order valence-corrected chi connectivity index (χ4v) is 14.4. The predicted octanol–water partition coefficient (Wildman–Crippen LogP) is 8.36. The van der Waals surface area contributed by atoms with Crippen LogP contribution < -0.4 is 0 Å². The van der Waals surface area contributed by atoms with Crippen molar-refractivity contribution >= 4 is 11.8 Å². The summed E-state index contributed by atoms with van der Waals surface area (Å²) in [5.74, 6) is -2.13. The van der Waals surface area contributed by atoms with Gasteiger partial charge in [-0.3, -0.25) is 9.59 Å². The molecule has 3 aliphatic heterocycles. The predicted molar refractivity (Wildman–Crippen MR) is 396 cm³/mol. The summed E-state index contributed by atoms with van der Waals surface area (Å²) in [4.78, 5) is 24.1. The van der Waals surface area contributed by atoms with Crippen molar-refractivity contribution in [3.63, 3.8) is 0 Å². The van der Waals surface area contributed by atoms with Gasteiger partial charge in [0.2, 0.25) is 0 Å². The highest BCUT2D eigenvalue weighted by molar-refractivity contribution is 5.82. The van der Waals surface area contributed by atoms with E-state index in [2.05, 4.69) is 39.5 Å². The van der Waals surface area contributed by atoms with Gasteiger partial charge in [0.05, 0.1) is 104 Å². The molecular formula is C81H134O21. The highest BCUT2D eigenvalue weighted by Gasteiger charge is 2.51. The number of aliphatic hydroxyl groups is 15. The number of aliphatic carboxylic acids is 1. The summed E-state index contributed by atoms with van der Waals surface area (Å²) in [7, 11) is 0. The van der Waals surface area contributed by atoms with Gasteiger partial charge < -0.3 is 95.9 Å². The normalized spacial score (nSPS) is 27.5. The van der Waals surface area contributed by atoms with Crippen molar-refractivity contribution in [1.29, 1.82) is 0 Å². The van der Waals surface area contributed by atoms with E-state index in [9.17, 15) is 86.2 Å². The lowest BCUT2D eigenvalue weighted by Crippen LogP contribution is -2.48. The van der Waals surface area contributed by atoms with E-state index in [0.717, 1.165) is 11.1 Å². The van der Waals surface area contributed by atoms with Gasteiger partial charge in [-0.25, -0.2) is 0 Å². The van der Waals surface area contributed by atoms with Gasteiger partial charge in [0, 0.05) is 25.2 Å². The molecule has 21 nitrogen and oxygen atoms in total. The summed E-state index contributed by atoms with van der Waals surface area (Å²) in [5, 5.41) is 172. The van der Waals surface area contributed by atoms with E-state index in [4.69, 9.17) is 19.3 Å². The first-order valence-corrected chi connectivity index (χ1v) is 37.2. The molecule has 3 rings (SSSR count). The molecule has 0 spiro atoms. The molecule has 14 unspecified atom stereocenters. The average Bonchev–Trinajstić information content (AvgIpc) is 1.64. The molecule has 0 bridgehead atoms. The number of ketones is 1. The Bertz CT molecular complexity index is 2760. The minimum atomic E-state index is -1.45. The van der Waals surface area contributed by atoms with Gasteiger partial charge in [-0.15, -0.1) is 0 Å². The number of allylic oxidation sites excluding steroid dienone is 1. The van der Waals surface area contributed by atoms with Crippen LogP contribution in [0.15, 0.2) is 121 Å². The summed E-state index contributed by atoms with van der Waals surface area (Å²) < 4.78 is 18.4. The maximum Gasteiger partial charge on any atom is 0.307 e. The molecule has 28 atom stereocenters. The standard InChI is InChI=1S/C81H134O21/c1-45(21-24-65(87)70(92)36-49(5)29-47(3)31-61(84)22-25-66(88)73-44-76(95)81(16,102-73)75(94)42-54(10)53(9)39-62(85)43-58(14)82)32-71(93)80-79(99)78(98)74(101-80)37-51(7)30-55(11)64(86)20-18-17-19-60(83)40-57(13)72-26-23-63(100-72)41-56(12)67(89)33-52(8)35-69(91)59(15)68(90)34-48(4)27-46(2)28-50(6)38-77(96)97/h18,20,22-23,25-26,35,45-47,49,56-69,71-76,78-80,82-91,93-95,98-99H,4,6-7,9-11,17,19,21,24,27-34,36-44H2,1-3,5,8,12-16H3,(H,96,97)/b20-18-,25-22+,52-35-/t45?,46?,47?,49?,56?,57?,58?,59-,60?,61?,62?,63+,64?,65?,66-,67?,68-,69-,71+,72+,73-,74-,75?,76+,78+,79+,80-,81-/m1/s1. The summed E-state index contributed by atoms with van der Waals surface area (Å²) in [6, 6.07) is 0. The summed E-state index contributed by atoms with van der Waals surface area (Å²) >= 11 is 0. The Morgan fingerprint density at radius 1 is 0.618 bits per heavy atom. The Labute approximate surface area is 608 Å². The van der Waals surface area contributed by atoms with Crippen LogP contribution in [-0.4, -0.2) is 221 Å². The van der Waals surface area contributed by atoms with Gasteiger partial charge in [-0.05, 0) is 182 Å². The van der Waals surface area contributed by atoms with Crippen LogP contribution in [0.25, 0.3) is 0 Å². The van der Waals surface area contributed by atoms with Crippen molar-refractivity contribution in [2.24, 2.45) is 41.4 Å². The molecule has 0 aromatic heterocycles. The first kappa shape index (κ1) is 92.0. The molecule has 3 aliphatic rings. The van der Waals surface area contributed by atoms with Gasteiger partial charge in [-0.1, -0.05) is 153 Å². The number of carboxylic acids is 1.